The van der Waals surface area contributed by atoms with E-state index in [4.69, 9.17) is 10.8 Å². The lowest BCUT2D eigenvalue weighted by Gasteiger charge is -2.20. The highest BCUT2D eigenvalue weighted by molar-refractivity contribution is 5.97. The average Bonchev–Trinajstić information content (AvgIpc) is 2.31. The predicted molar refractivity (Wildman–Crippen MR) is 75.0 cm³/mol. The van der Waals surface area contributed by atoms with E-state index in [2.05, 4.69) is 26.1 Å². The lowest BCUT2D eigenvalue weighted by molar-refractivity contribution is 0.0698. The van der Waals surface area contributed by atoms with E-state index in [0.717, 1.165) is 12.8 Å². The lowest BCUT2D eigenvalue weighted by Crippen LogP contribution is -2.19. The third-order valence-electron chi connectivity index (χ3n) is 3.19. The maximum absolute atomic E-state index is 11.0. The second kappa shape index (κ2) is 6.28. The number of nitrogens with two attached hydrogens (primary N) is 1. The Balaban J connectivity index is 2.79. The van der Waals surface area contributed by atoms with Crippen LogP contribution in [0.1, 0.15) is 44.0 Å². The van der Waals surface area contributed by atoms with Crippen molar-refractivity contribution in [2.45, 2.75) is 39.7 Å². The molecular formula is C14H22N2O2. The fourth-order valence-electron chi connectivity index (χ4n) is 1.97. The van der Waals surface area contributed by atoms with Crippen LogP contribution in [0, 0.1) is 5.92 Å². The van der Waals surface area contributed by atoms with Crippen LogP contribution < -0.4 is 11.1 Å². The minimum atomic E-state index is -0.995. The van der Waals surface area contributed by atoms with Crippen molar-refractivity contribution in [3.8, 4) is 0 Å². The van der Waals surface area contributed by atoms with Crippen molar-refractivity contribution in [2.24, 2.45) is 5.92 Å². The summed E-state index contributed by atoms with van der Waals surface area (Å²) in [6, 6.07) is 5.31. The molecule has 0 heterocycles. The number of rotatable bonds is 6. The van der Waals surface area contributed by atoms with Crippen molar-refractivity contribution in [3.05, 3.63) is 23.8 Å². The van der Waals surface area contributed by atoms with Gasteiger partial charge in [0.1, 0.15) is 0 Å². The number of hydrogen-bond donors (Lipinski definition) is 3. The molecule has 0 bridgehead atoms. The van der Waals surface area contributed by atoms with E-state index in [9.17, 15) is 4.79 Å². The molecule has 1 aromatic carbocycles. The van der Waals surface area contributed by atoms with Crippen LogP contribution in [-0.2, 0) is 0 Å². The van der Waals surface area contributed by atoms with Gasteiger partial charge in [-0.2, -0.15) is 0 Å². The molecule has 4 nitrogen and oxygen atoms in total. The summed E-state index contributed by atoms with van der Waals surface area (Å²) in [6.45, 7) is 6.45. The van der Waals surface area contributed by atoms with Crippen molar-refractivity contribution in [2.75, 3.05) is 11.1 Å². The molecule has 0 saturated carbocycles. The van der Waals surface area contributed by atoms with Crippen LogP contribution in [0.2, 0.25) is 0 Å². The quantitative estimate of drug-likeness (QED) is 0.678. The van der Waals surface area contributed by atoms with Gasteiger partial charge < -0.3 is 16.2 Å². The highest BCUT2D eigenvalue weighted by Crippen LogP contribution is 2.24. The minimum absolute atomic E-state index is 0.149. The van der Waals surface area contributed by atoms with Gasteiger partial charge in [0.2, 0.25) is 0 Å². The van der Waals surface area contributed by atoms with Gasteiger partial charge in [0.05, 0.1) is 16.9 Å². The molecule has 1 aromatic rings. The Morgan fingerprint density at radius 2 is 2.11 bits per heavy atom. The molecule has 0 amide bonds. The Morgan fingerprint density at radius 3 is 2.67 bits per heavy atom. The van der Waals surface area contributed by atoms with Crippen molar-refractivity contribution in [3.63, 3.8) is 0 Å². The Bertz CT molecular complexity index is 418. The summed E-state index contributed by atoms with van der Waals surface area (Å²) in [7, 11) is 0. The summed E-state index contributed by atoms with van der Waals surface area (Å²) in [6.07, 6.45) is 2.17. The molecule has 2 unspecified atom stereocenters. The number of benzene rings is 1. The number of carboxylic acids is 1. The summed E-state index contributed by atoms with van der Waals surface area (Å²) in [5, 5.41) is 12.3. The largest absolute Gasteiger partial charge is 0.478 e. The van der Waals surface area contributed by atoms with Gasteiger partial charge in [-0.3, -0.25) is 0 Å². The molecule has 0 aliphatic carbocycles. The first-order valence-corrected chi connectivity index (χ1v) is 6.34. The second-order valence-electron chi connectivity index (χ2n) is 4.87. The van der Waals surface area contributed by atoms with E-state index >= 15 is 0 Å². The van der Waals surface area contributed by atoms with Crippen LogP contribution in [0.25, 0.3) is 0 Å². The summed E-state index contributed by atoms with van der Waals surface area (Å²) in [5.74, 6) is -0.359. The van der Waals surface area contributed by atoms with Gasteiger partial charge in [-0.25, -0.2) is 4.79 Å². The van der Waals surface area contributed by atoms with Crippen molar-refractivity contribution in [1.82, 2.24) is 0 Å². The van der Waals surface area contributed by atoms with Crippen LogP contribution in [0.3, 0.4) is 0 Å². The zero-order chi connectivity index (χ0) is 13.7. The van der Waals surface area contributed by atoms with Crippen molar-refractivity contribution < 1.29 is 9.90 Å². The molecule has 0 fully saturated rings. The molecule has 0 radical (unpaired) electrons. The number of nitrogen functional groups attached to an aromatic ring is 1. The van der Waals surface area contributed by atoms with Gasteiger partial charge in [-0.1, -0.05) is 26.3 Å². The van der Waals surface area contributed by atoms with E-state index in [1.54, 1.807) is 6.07 Å². The minimum Gasteiger partial charge on any atom is -0.478 e. The van der Waals surface area contributed by atoms with Gasteiger partial charge in [0.25, 0.3) is 0 Å². The smallest absolute Gasteiger partial charge is 0.337 e. The first-order chi connectivity index (χ1) is 8.45. The maximum Gasteiger partial charge on any atom is 0.337 e. The number of para-hydroxylation sites is 1. The monoisotopic (exact) mass is 250 g/mol. The summed E-state index contributed by atoms with van der Waals surface area (Å²) < 4.78 is 0. The SMILES string of the molecule is CCC(C)CC(C)Nc1cccc(C(=O)O)c1N. The fraction of sp³-hybridized carbons (Fsp3) is 0.500. The van der Waals surface area contributed by atoms with Crippen LogP contribution in [-0.4, -0.2) is 17.1 Å². The summed E-state index contributed by atoms with van der Waals surface area (Å²) in [4.78, 5) is 11.0. The lowest BCUT2D eigenvalue weighted by atomic mass is 10.00. The number of hydrogen-bond acceptors (Lipinski definition) is 3. The zero-order valence-electron chi connectivity index (χ0n) is 11.2. The van der Waals surface area contributed by atoms with E-state index in [0.29, 0.717) is 17.3 Å². The summed E-state index contributed by atoms with van der Waals surface area (Å²) >= 11 is 0. The summed E-state index contributed by atoms with van der Waals surface area (Å²) in [5.41, 5.74) is 7.01. The number of anilines is 2. The molecule has 1 rings (SSSR count). The molecule has 18 heavy (non-hydrogen) atoms. The third-order valence-corrected chi connectivity index (χ3v) is 3.19. The van der Waals surface area contributed by atoms with Gasteiger partial charge in [-0.15, -0.1) is 0 Å². The van der Waals surface area contributed by atoms with Gasteiger partial charge >= 0.3 is 5.97 Å². The zero-order valence-corrected chi connectivity index (χ0v) is 11.2. The Kier molecular flexibility index (Phi) is 5.01. The van der Waals surface area contributed by atoms with E-state index in [1.165, 1.54) is 6.07 Å². The Labute approximate surface area is 108 Å². The topological polar surface area (TPSA) is 75.3 Å². The molecule has 100 valence electrons. The molecular weight excluding hydrogens is 228 g/mol. The molecule has 4 N–H and O–H groups in total. The van der Waals surface area contributed by atoms with Crippen LogP contribution in [0.4, 0.5) is 11.4 Å². The molecule has 0 aliphatic heterocycles. The van der Waals surface area contributed by atoms with Gasteiger partial charge in [-0.05, 0) is 31.4 Å². The molecule has 0 saturated heterocycles. The second-order valence-corrected chi connectivity index (χ2v) is 4.87. The highest BCUT2D eigenvalue weighted by Gasteiger charge is 2.13. The first kappa shape index (κ1) is 14.4. The molecule has 2 atom stereocenters. The van der Waals surface area contributed by atoms with Crippen LogP contribution in [0.5, 0.6) is 0 Å². The normalized spacial score (nSPS) is 13.9. The first-order valence-electron chi connectivity index (χ1n) is 6.34. The van der Waals surface area contributed by atoms with Crippen LogP contribution in [0.15, 0.2) is 18.2 Å². The average molecular weight is 250 g/mol. The number of nitrogens with one attached hydrogen (secondary N) is 1. The van der Waals surface area contributed by atoms with Gasteiger partial charge in [0, 0.05) is 6.04 Å². The molecule has 4 heteroatoms. The molecule has 0 aromatic heterocycles. The number of aromatic carboxylic acids is 1. The standard InChI is InChI=1S/C14H22N2O2/c1-4-9(2)8-10(3)16-12-7-5-6-11(13(12)15)14(17)18/h5-7,9-10,16H,4,8,15H2,1-3H3,(H,17,18). The number of carbonyl (C=O) groups is 1. The van der Waals surface area contributed by atoms with Crippen molar-refractivity contribution >= 4 is 17.3 Å². The molecule has 0 spiro atoms. The molecule has 0 aliphatic rings. The van der Waals surface area contributed by atoms with E-state index in [-0.39, 0.29) is 11.6 Å². The highest BCUT2D eigenvalue weighted by atomic mass is 16.4. The van der Waals surface area contributed by atoms with Gasteiger partial charge in [0.15, 0.2) is 0 Å². The fourth-order valence-corrected chi connectivity index (χ4v) is 1.97. The Morgan fingerprint density at radius 1 is 1.44 bits per heavy atom. The maximum atomic E-state index is 11.0. The van der Waals surface area contributed by atoms with E-state index < -0.39 is 5.97 Å². The predicted octanol–water partition coefficient (Wildman–Crippen LogP) is 3.20. The Hall–Kier alpha value is -1.71. The van der Waals surface area contributed by atoms with Crippen LogP contribution >= 0.6 is 0 Å². The van der Waals surface area contributed by atoms with E-state index in [1.807, 2.05) is 6.07 Å². The number of carboxylic acid groups (broad SMARTS) is 1. The third kappa shape index (κ3) is 3.65. The van der Waals surface area contributed by atoms with Crippen molar-refractivity contribution in [1.29, 1.82) is 0 Å².